The van der Waals surface area contributed by atoms with Gasteiger partial charge in [0.15, 0.2) is 11.3 Å². The fraction of sp³-hybridized carbons (Fsp3) is 0.330. The number of pyridine rings is 1. The summed E-state index contributed by atoms with van der Waals surface area (Å²) in [6.45, 7) is 21.3. The standard InChI is InChI=1S/C29H29Cl2F3N2O4.C19H23N3O3S.C19H24N2O3.C18H23ClN4O3.C14H14ClNO2S.CH4/c1-5-39-25-15-19(24(37)14-18-6-8-23(31)21(13-18)29(32,33)34)16-26(40-11-10-36(3)4)27(25)28(38)35-20-7-9-22(30)17(2)12-20;1-4-5-6-7-15-18(17(26-3)10-11-20-15)19(23)21-14-8-9-16(22(24)25)13(2)12-14;1-4-23-16-11-8-12-17(24-14-13-21(2)3)18(16)19(22)20-15-9-6-5-7-10-15;1-5-25-17-15(18(21-11-20-17)26-9-8-23(3)4)16(24)22-13-6-7-14(19)12(2)10-13;1-3-18-12-6-7-19-13(12)14(17)16-10-4-5-11(15)9(2)8-10;/h6-9,12-13,15-16H,5,10-11,14H2,1-4H3,(H,35,38);8-12H,4-7H2,1-3H3,(H,21,23);5-12H,4,13-14H2,1-3H3,(H,20,22);6-7,10-11H,5,8-9H2,1-4H3,(H,22,24);4-8H,3H2,1-2H3,(H,16,17);1H4. The van der Waals surface area contributed by atoms with Gasteiger partial charge in [0.05, 0.1) is 53.2 Å². The number of Topliss-reactive ketones (excluding diaryl/α,β-unsaturated/α-hetero) is 1. The van der Waals surface area contributed by atoms with Gasteiger partial charge in [0, 0.05) is 97.8 Å². The van der Waals surface area contributed by atoms with Crippen LogP contribution in [0.1, 0.15) is 162 Å². The number of thiophene rings is 1. The lowest BCUT2D eigenvalue weighted by molar-refractivity contribution is -0.385. The molecule has 0 atom stereocenters. The number of hydrogen-bond donors (Lipinski definition) is 5. The average Bonchev–Trinajstić information content (AvgIpc) is 0.938. The summed E-state index contributed by atoms with van der Waals surface area (Å²) in [5.41, 5.74) is 7.48. The third kappa shape index (κ3) is 35.5. The van der Waals surface area contributed by atoms with Gasteiger partial charge in [-0.3, -0.25) is 43.9 Å². The van der Waals surface area contributed by atoms with Gasteiger partial charge in [0.25, 0.3) is 35.2 Å². The number of rotatable bonds is 39. The van der Waals surface area contributed by atoms with Gasteiger partial charge in [-0.05, 0) is 272 Å². The first kappa shape index (κ1) is 113. The predicted octanol–water partition coefficient (Wildman–Crippen LogP) is 23.6. The normalized spacial score (nSPS) is 10.7. The Kier molecular flexibility index (Phi) is 47.2. The monoisotopic (exact) mass is 1990 g/mol. The Morgan fingerprint density at radius 3 is 1.40 bits per heavy atom. The summed E-state index contributed by atoms with van der Waals surface area (Å²) in [6, 6.07) is 44.7. The molecular formula is C100H117Cl4F3N12O15S2. The molecule has 0 aliphatic heterocycles. The lowest BCUT2D eigenvalue weighted by Crippen LogP contribution is -2.22. The van der Waals surface area contributed by atoms with Gasteiger partial charge >= 0.3 is 6.18 Å². The van der Waals surface area contributed by atoms with Gasteiger partial charge in [-0.25, -0.2) is 9.97 Å². The van der Waals surface area contributed by atoms with Gasteiger partial charge in [0.2, 0.25) is 11.8 Å². The van der Waals surface area contributed by atoms with Crippen LogP contribution in [0.5, 0.6) is 40.5 Å². The molecule has 0 aliphatic carbocycles. The molecular weight excluding hydrogens is 1870 g/mol. The van der Waals surface area contributed by atoms with Crippen molar-refractivity contribution in [2.45, 2.75) is 113 Å². The van der Waals surface area contributed by atoms with Gasteiger partial charge in [-0.15, -0.1) is 23.1 Å². The largest absolute Gasteiger partial charge is 0.493 e. The van der Waals surface area contributed by atoms with E-state index in [2.05, 4.69) is 48.5 Å². The maximum absolute atomic E-state index is 13.4. The summed E-state index contributed by atoms with van der Waals surface area (Å²) < 4.78 is 79.6. The van der Waals surface area contributed by atoms with Gasteiger partial charge in [-0.1, -0.05) is 104 Å². The summed E-state index contributed by atoms with van der Waals surface area (Å²) in [6.07, 6.45) is 3.92. The quantitative estimate of drug-likeness (QED) is 0.00785. The summed E-state index contributed by atoms with van der Waals surface area (Å²) in [5.74, 6) is 0.169. The lowest BCUT2D eigenvalue weighted by atomic mass is 9.98. The van der Waals surface area contributed by atoms with E-state index in [0.29, 0.717) is 117 Å². The highest BCUT2D eigenvalue weighted by Crippen LogP contribution is 2.39. The fourth-order valence-electron chi connectivity index (χ4n) is 12.5. The van der Waals surface area contributed by atoms with E-state index in [1.807, 2.05) is 152 Å². The number of ketones is 1. The molecule has 3 aromatic heterocycles. The topological polar surface area (TPSA) is 319 Å². The lowest BCUT2D eigenvalue weighted by Gasteiger charge is -2.19. The molecule has 3 heterocycles. The number of hydrogen-bond acceptors (Lipinski definition) is 23. The molecule has 728 valence electrons. The number of carbonyl (C=O) groups excluding carboxylic acids is 6. The van der Waals surface area contributed by atoms with E-state index < -0.39 is 39.3 Å². The van der Waals surface area contributed by atoms with E-state index >= 15 is 0 Å². The zero-order chi connectivity index (χ0) is 99.0. The number of nitro groups is 1. The number of likely N-dealkylation sites (N-methyl/N-ethyl adjacent to an activating group) is 3. The molecule has 0 spiro atoms. The van der Waals surface area contributed by atoms with Crippen molar-refractivity contribution in [3.8, 4) is 40.5 Å². The summed E-state index contributed by atoms with van der Waals surface area (Å²) in [7, 11) is 11.5. The Balaban J connectivity index is 0.000000266. The second-order valence-corrected chi connectivity index (χ2v) is 34.0. The van der Waals surface area contributed by atoms with Crippen molar-refractivity contribution < 1.29 is 80.0 Å². The highest BCUT2D eigenvalue weighted by atomic mass is 35.5. The van der Waals surface area contributed by atoms with Gasteiger partial charge < -0.3 is 74.4 Å². The van der Waals surface area contributed by atoms with Crippen LogP contribution in [-0.2, 0) is 19.0 Å². The molecule has 5 amide bonds. The highest BCUT2D eigenvalue weighted by Gasteiger charge is 2.34. The van der Waals surface area contributed by atoms with Crippen molar-refractivity contribution in [3.63, 3.8) is 0 Å². The van der Waals surface area contributed by atoms with Crippen LogP contribution in [0.25, 0.3) is 0 Å². The number of carbonyl (C=O) groups is 6. The molecule has 0 unspecified atom stereocenters. The van der Waals surface area contributed by atoms with E-state index in [1.165, 1.54) is 53.7 Å². The van der Waals surface area contributed by atoms with Crippen molar-refractivity contribution in [1.82, 2.24) is 29.7 Å². The van der Waals surface area contributed by atoms with Crippen LogP contribution in [-0.4, -0.2) is 184 Å². The van der Waals surface area contributed by atoms with E-state index in [1.54, 1.807) is 106 Å². The number of amides is 5. The Hall–Kier alpha value is -12.1. The minimum absolute atomic E-state index is 0. The van der Waals surface area contributed by atoms with Gasteiger partial charge in [-0.2, -0.15) is 13.2 Å². The van der Waals surface area contributed by atoms with Crippen molar-refractivity contribution in [1.29, 1.82) is 0 Å². The van der Waals surface area contributed by atoms with Crippen LogP contribution in [0.15, 0.2) is 187 Å². The molecule has 0 aliphatic rings. The molecule has 27 nitrogen and oxygen atoms in total. The number of halogens is 7. The van der Waals surface area contributed by atoms with E-state index in [9.17, 15) is 52.1 Å². The minimum atomic E-state index is -4.66. The van der Waals surface area contributed by atoms with Crippen LogP contribution in [0.2, 0.25) is 20.1 Å². The summed E-state index contributed by atoms with van der Waals surface area (Å²) in [5, 5.41) is 28.4. The molecule has 5 N–H and O–H groups in total. The smallest absolute Gasteiger partial charge is 0.417 e. The van der Waals surface area contributed by atoms with Crippen molar-refractivity contribution >= 4 is 139 Å². The zero-order valence-electron chi connectivity index (χ0n) is 78.1. The summed E-state index contributed by atoms with van der Waals surface area (Å²) in [4.78, 5) is 108. The molecule has 0 saturated carbocycles. The first-order valence-corrected chi connectivity index (χ1v) is 46.7. The maximum atomic E-state index is 13.4. The SMILES string of the molecule is C.CCCCCc1nccc(SC)c1C(=O)Nc1ccc([N+](=O)[O-])c(C)c1.CCOc1cc(C(=O)Cc2ccc(Cl)c(C(F)(F)F)c2)cc(OCCN(C)C)c1C(=O)Nc1ccc(Cl)c(C)c1.CCOc1cccc(OCCN(C)C)c1C(=O)Nc1ccccc1.CCOc1ccsc1C(=O)Nc1ccc(Cl)c(C)c1.CCOc1ncnc(OCCN(C)C)c1C(=O)Nc1ccc(Cl)c(C)c1. The third-order valence-corrected chi connectivity index (χ3v) is 22.6. The molecule has 0 fully saturated rings. The number of ether oxygens (including phenoxy) is 7. The van der Waals surface area contributed by atoms with E-state index in [-0.39, 0.29) is 96.0 Å². The number of aryl methyl sites for hydroxylation is 5. The van der Waals surface area contributed by atoms with Crippen LogP contribution < -0.4 is 59.7 Å². The second kappa shape index (κ2) is 57.1. The van der Waals surface area contributed by atoms with Crippen LogP contribution in [0, 0.1) is 37.8 Å². The first-order chi connectivity index (χ1) is 64.4. The Morgan fingerprint density at radius 1 is 0.463 bits per heavy atom. The Bertz CT molecular complexity index is 5820. The molecule has 0 bridgehead atoms. The number of anilines is 5. The molecule has 136 heavy (non-hydrogen) atoms. The van der Waals surface area contributed by atoms with E-state index in [4.69, 9.17) is 79.6 Å². The average molecular weight is 1990 g/mol. The van der Waals surface area contributed by atoms with Crippen LogP contribution in [0.3, 0.4) is 0 Å². The van der Waals surface area contributed by atoms with Crippen molar-refractivity contribution in [2.75, 3.05) is 141 Å². The molecule has 0 saturated heterocycles. The molecule has 36 heteroatoms. The number of nitrogens with one attached hydrogen (secondary N) is 5. The second-order valence-electron chi connectivity index (χ2n) is 30.6. The van der Waals surface area contributed by atoms with Crippen molar-refractivity contribution in [3.05, 3.63) is 284 Å². The first-order valence-electron chi connectivity index (χ1n) is 43.1. The number of unbranched alkanes of at least 4 members (excludes halogenated alkanes) is 2. The number of para-hydroxylation sites is 1. The number of aromatic nitrogens is 3. The highest BCUT2D eigenvalue weighted by molar-refractivity contribution is 7.98. The molecule has 8 aromatic carbocycles. The molecule has 11 aromatic rings. The number of alkyl halides is 3. The zero-order valence-corrected chi connectivity index (χ0v) is 82.8. The Morgan fingerprint density at radius 2 is 0.904 bits per heavy atom. The minimum Gasteiger partial charge on any atom is -0.493 e. The van der Waals surface area contributed by atoms with Crippen LogP contribution in [0.4, 0.5) is 47.3 Å². The number of thioether (sulfide) groups is 1. The number of nitro benzene ring substituents is 1. The molecule has 0 radical (unpaired) electrons. The Labute approximate surface area is 821 Å². The predicted molar refractivity (Wildman–Crippen MR) is 539 cm³/mol. The van der Waals surface area contributed by atoms with Gasteiger partial charge in [0.1, 0.15) is 70.9 Å². The fourth-order valence-corrected chi connectivity index (χ4v) is 14.5. The number of nitrogens with zero attached hydrogens (tertiary/aromatic N) is 7. The third-order valence-electron chi connectivity index (χ3n) is 19.3. The summed E-state index contributed by atoms with van der Waals surface area (Å²) >= 11 is 26.7. The molecule has 11 rings (SSSR count). The van der Waals surface area contributed by atoms with Crippen molar-refractivity contribution in [2.24, 2.45) is 0 Å². The maximum Gasteiger partial charge on any atom is 0.417 e. The number of benzene rings is 8. The van der Waals surface area contributed by atoms with Crippen LogP contribution >= 0.6 is 69.5 Å². The van der Waals surface area contributed by atoms with E-state index in [0.717, 1.165) is 83.0 Å².